The van der Waals surface area contributed by atoms with Gasteiger partial charge in [-0.05, 0) is 42.0 Å². The number of ether oxygens (including phenoxy) is 4. The van der Waals surface area contributed by atoms with E-state index in [2.05, 4.69) is 9.24 Å². The third-order valence-corrected chi connectivity index (χ3v) is 6.77. The second-order valence-electron chi connectivity index (χ2n) is 8.91. The van der Waals surface area contributed by atoms with Gasteiger partial charge in [0.25, 0.3) is 0 Å². The van der Waals surface area contributed by atoms with E-state index in [1.807, 2.05) is 20.8 Å². The molecule has 180 valence electrons. The molecular weight excluding hydrogens is 439 g/mol. The van der Waals surface area contributed by atoms with Crippen molar-refractivity contribution in [2.24, 2.45) is 11.3 Å². The molecule has 0 saturated carbocycles. The van der Waals surface area contributed by atoms with E-state index in [0.717, 1.165) is 0 Å². The summed E-state index contributed by atoms with van der Waals surface area (Å²) in [7, 11) is 8.81. The maximum Gasteiger partial charge on any atom is 0.177 e. The first-order valence-electron chi connectivity index (χ1n) is 10.8. The van der Waals surface area contributed by atoms with Crippen molar-refractivity contribution in [3.8, 4) is 23.0 Å². The molecule has 0 spiro atoms. The van der Waals surface area contributed by atoms with Gasteiger partial charge in [-0.25, -0.2) is 0 Å². The van der Waals surface area contributed by atoms with Crippen LogP contribution in [0.1, 0.15) is 54.3 Å². The Morgan fingerprint density at radius 1 is 0.818 bits per heavy atom. The van der Waals surface area contributed by atoms with Gasteiger partial charge in [0.15, 0.2) is 11.6 Å². The molecule has 0 fully saturated rings. The van der Waals surface area contributed by atoms with Gasteiger partial charge in [0, 0.05) is 12.1 Å². The normalized spacial score (nSPS) is 13.1. The van der Waals surface area contributed by atoms with Gasteiger partial charge in [-0.2, -0.15) is 0 Å². The fourth-order valence-corrected chi connectivity index (χ4v) is 4.54. The number of rotatable bonds is 12. The van der Waals surface area contributed by atoms with E-state index >= 15 is 0 Å². The van der Waals surface area contributed by atoms with Gasteiger partial charge >= 0.3 is 0 Å². The van der Waals surface area contributed by atoms with Crippen LogP contribution in [0.3, 0.4) is 0 Å². The molecule has 7 heteroatoms. The predicted molar refractivity (Wildman–Crippen MR) is 133 cm³/mol. The van der Waals surface area contributed by atoms with Crippen LogP contribution in [-0.2, 0) is 0 Å². The summed E-state index contributed by atoms with van der Waals surface area (Å²) in [5, 5.41) is 0. The predicted octanol–water partition coefficient (Wildman–Crippen LogP) is 5.47. The van der Waals surface area contributed by atoms with Gasteiger partial charge in [-0.1, -0.05) is 32.9 Å². The lowest BCUT2D eigenvalue weighted by Crippen LogP contribution is -2.29. The number of benzene rings is 2. The van der Waals surface area contributed by atoms with Crippen molar-refractivity contribution < 1.29 is 28.5 Å². The number of methoxy groups -OCH3 is 4. The number of ketones is 2. The Morgan fingerprint density at radius 3 is 1.61 bits per heavy atom. The molecule has 33 heavy (non-hydrogen) atoms. The van der Waals surface area contributed by atoms with E-state index in [1.54, 1.807) is 36.4 Å². The van der Waals surface area contributed by atoms with E-state index in [-0.39, 0.29) is 35.0 Å². The molecule has 0 aliphatic rings. The standard InChI is InChI=1S/C26H35O6P/c1-16(25(33)24(28)23-20(31-6)12-9-13-21(23)32-7)14-26(2,3)15-17(27)22-18(29-4)10-8-11-19(22)30-5/h8-13,16,25H,14-15,33H2,1-7H3. The molecular formula is C26H35O6P. The van der Waals surface area contributed by atoms with Crippen molar-refractivity contribution in [2.45, 2.75) is 39.3 Å². The molecule has 2 aromatic rings. The molecule has 0 bridgehead atoms. The summed E-state index contributed by atoms with van der Waals surface area (Å²) < 4.78 is 21.6. The van der Waals surface area contributed by atoms with Crippen molar-refractivity contribution in [1.29, 1.82) is 0 Å². The molecule has 2 aromatic carbocycles. The van der Waals surface area contributed by atoms with Gasteiger partial charge in [-0.3, -0.25) is 9.59 Å². The Kier molecular flexibility index (Phi) is 9.30. The SMILES string of the molecule is COc1cccc(OC)c1C(=O)CC(C)(C)CC(C)C(P)C(=O)c1c(OC)cccc1OC. The fourth-order valence-electron chi connectivity index (χ4n) is 4.24. The first kappa shape index (κ1) is 26.7. The van der Waals surface area contributed by atoms with Gasteiger partial charge in [0.1, 0.15) is 34.1 Å². The maximum absolute atomic E-state index is 13.4. The van der Waals surface area contributed by atoms with Gasteiger partial charge in [-0.15, -0.1) is 9.24 Å². The van der Waals surface area contributed by atoms with Crippen LogP contribution >= 0.6 is 9.24 Å². The lowest BCUT2D eigenvalue weighted by atomic mass is 9.76. The van der Waals surface area contributed by atoms with E-state index < -0.39 is 0 Å². The minimum Gasteiger partial charge on any atom is -0.496 e. The van der Waals surface area contributed by atoms with Crippen LogP contribution in [0.15, 0.2) is 36.4 Å². The maximum atomic E-state index is 13.4. The highest BCUT2D eigenvalue weighted by Crippen LogP contribution is 2.39. The molecule has 3 atom stereocenters. The Bertz CT molecular complexity index is 940. The highest BCUT2D eigenvalue weighted by atomic mass is 31.0. The van der Waals surface area contributed by atoms with Gasteiger partial charge in [0.2, 0.25) is 0 Å². The van der Waals surface area contributed by atoms with Crippen molar-refractivity contribution in [3.05, 3.63) is 47.5 Å². The van der Waals surface area contributed by atoms with Crippen molar-refractivity contribution in [1.82, 2.24) is 0 Å². The van der Waals surface area contributed by atoms with Gasteiger partial charge < -0.3 is 18.9 Å². The van der Waals surface area contributed by atoms with Crippen LogP contribution in [0.2, 0.25) is 0 Å². The molecule has 0 saturated heterocycles. The molecule has 2 rings (SSSR count). The second-order valence-corrected chi connectivity index (χ2v) is 9.63. The van der Waals surface area contributed by atoms with Crippen LogP contribution in [0.25, 0.3) is 0 Å². The third-order valence-electron chi connectivity index (χ3n) is 5.81. The zero-order chi connectivity index (χ0) is 24.8. The first-order chi connectivity index (χ1) is 15.6. The number of carbonyl (C=O) groups is 2. The Morgan fingerprint density at radius 2 is 1.21 bits per heavy atom. The summed E-state index contributed by atoms with van der Waals surface area (Å²) >= 11 is 0. The number of carbonyl (C=O) groups excluding carboxylic acids is 2. The number of hydrogen-bond donors (Lipinski definition) is 0. The topological polar surface area (TPSA) is 71.1 Å². The molecule has 0 N–H and O–H groups in total. The van der Waals surface area contributed by atoms with Crippen LogP contribution in [-0.4, -0.2) is 45.7 Å². The Hall–Kier alpha value is -2.59. The van der Waals surface area contributed by atoms with Crippen LogP contribution in [0, 0.1) is 11.3 Å². The largest absolute Gasteiger partial charge is 0.496 e. The summed E-state index contributed by atoms with van der Waals surface area (Å²) in [5.41, 5.74) is 0.148. The zero-order valence-electron chi connectivity index (χ0n) is 20.6. The van der Waals surface area contributed by atoms with Crippen molar-refractivity contribution in [2.75, 3.05) is 28.4 Å². The van der Waals surface area contributed by atoms with E-state index in [9.17, 15) is 9.59 Å². The molecule has 0 amide bonds. The van der Waals surface area contributed by atoms with Crippen molar-refractivity contribution in [3.63, 3.8) is 0 Å². The average molecular weight is 475 g/mol. The Balaban J connectivity index is 2.20. The zero-order valence-corrected chi connectivity index (χ0v) is 21.7. The highest BCUT2D eigenvalue weighted by Gasteiger charge is 2.33. The lowest BCUT2D eigenvalue weighted by Gasteiger charge is -2.30. The number of hydrogen-bond acceptors (Lipinski definition) is 6. The molecule has 0 heterocycles. The summed E-state index contributed by atoms with van der Waals surface area (Å²) in [4.78, 5) is 26.6. The molecule has 0 aromatic heterocycles. The molecule has 0 aliphatic carbocycles. The van der Waals surface area contributed by atoms with Crippen LogP contribution in [0.5, 0.6) is 23.0 Å². The number of Topliss-reactive ketones (excluding diaryl/α,β-unsaturated/α-hetero) is 2. The van der Waals surface area contributed by atoms with Crippen molar-refractivity contribution >= 4 is 20.8 Å². The summed E-state index contributed by atoms with van der Waals surface area (Å²) in [6.07, 6.45) is 0.950. The highest BCUT2D eigenvalue weighted by molar-refractivity contribution is 7.19. The Labute approximate surface area is 199 Å². The molecule has 0 aliphatic heterocycles. The summed E-state index contributed by atoms with van der Waals surface area (Å²) in [5.74, 6) is 1.80. The minimum absolute atomic E-state index is 0.0144. The fraction of sp³-hybridized carbons (Fsp3) is 0.462. The second kappa shape index (κ2) is 11.5. The van der Waals surface area contributed by atoms with Crippen LogP contribution in [0.4, 0.5) is 0 Å². The first-order valence-corrected chi connectivity index (χ1v) is 11.5. The molecule has 6 nitrogen and oxygen atoms in total. The van der Waals surface area contributed by atoms with E-state index in [0.29, 0.717) is 40.5 Å². The van der Waals surface area contributed by atoms with E-state index in [4.69, 9.17) is 18.9 Å². The van der Waals surface area contributed by atoms with E-state index in [1.165, 1.54) is 28.4 Å². The lowest BCUT2D eigenvalue weighted by molar-refractivity contribution is 0.0899. The smallest absolute Gasteiger partial charge is 0.177 e. The summed E-state index contributed by atoms with van der Waals surface area (Å²) in [6.45, 7) is 6.09. The molecule has 3 unspecified atom stereocenters. The monoisotopic (exact) mass is 474 g/mol. The minimum atomic E-state index is -0.370. The molecule has 0 radical (unpaired) electrons. The quantitative estimate of drug-likeness (QED) is 0.300. The average Bonchev–Trinajstić information content (AvgIpc) is 2.80. The summed E-state index contributed by atoms with van der Waals surface area (Å²) in [6, 6.07) is 10.6. The third kappa shape index (κ3) is 6.26. The van der Waals surface area contributed by atoms with Crippen LogP contribution < -0.4 is 18.9 Å². The van der Waals surface area contributed by atoms with Gasteiger partial charge in [0.05, 0.1) is 28.4 Å².